The summed E-state index contributed by atoms with van der Waals surface area (Å²) in [6, 6.07) is 12.5. The van der Waals surface area contributed by atoms with E-state index in [1.165, 1.54) is 51.4 Å². The number of hydrogen-bond acceptors (Lipinski definition) is 8. The third-order valence-electron chi connectivity index (χ3n) is 13.6. The molecule has 2 amide bonds. The molecule has 10 nitrogen and oxygen atoms in total. The highest BCUT2D eigenvalue weighted by Crippen LogP contribution is 2.47. The van der Waals surface area contributed by atoms with E-state index >= 15 is 0 Å². The molecule has 10 heteroatoms. The molecule has 0 aliphatic carbocycles. The minimum Gasteiger partial charge on any atom is -0.490 e. The van der Waals surface area contributed by atoms with Gasteiger partial charge in [0.25, 0.3) is 11.8 Å². The van der Waals surface area contributed by atoms with Gasteiger partial charge in [0.05, 0.1) is 26.4 Å². The number of benzene rings is 4. The Balaban J connectivity index is 1.87. The smallest absolute Gasteiger partial charge is 0.257 e. The summed E-state index contributed by atoms with van der Waals surface area (Å²) in [5.74, 6) is 3.33. The van der Waals surface area contributed by atoms with Crippen molar-refractivity contribution in [2.45, 2.75) is 221 Å². The first-order chi connectivity index (χ1) is 35.4. The lowest BCUT2D eigenvalue weighted by atomic mass is 9.93. The Morgan fingerprint density at radius 3 is 0.750 bits per heavy atom. The lowest BCUT2D eigenvalue weighted by Crippen LogP contribution is -2.29. The van der Waals surface area contributed by atoms with Gasteiger partial charge in [0.15, 0.2) is 47.7 Å². The lowest BCUT2D eigenvalue weighted by molar-refractivity contribution is -0.123. The Kier molecular flexibility index (Phi) is 31.0. The minimum absolute atomic E-state index is 0.121. The van der Waals surface area contributed by atoms with E-state index in [4.69, 9.17) is 28.4 Å². The van der Waals surface area contributed by atoms with Gasteiger partial charge in [-0.05, 0) is 107 Å². The fourth-order valence-corrected chi connectivity index (χ4v) is 9.19. The van der Waals surface area contributed by atoms with E-state index in [9.17, 15) is 9.59 Å². The van der Waals surface area contributed by atoms with Crippen molar-refractivity contribution in [3.63, 3.8) is 0 Å². The van der Waals surface area contributed by atoms with Gasteiger partial charge in [-0.15, -0.1) is 0 Å². The Morgan fingerprint density at radius 1 is 0.292 bits per heavy atom. The maximum atomic E-state index is 13.3. The van der Waals surface area contributed by atoms with Gasteiger partial charge in [0, 0.05) is 13.1 Å². The fraction of sp³-hybridized carbons (Fsp3) is 0.677. The third kappa shape index (κ3) is 21.9. The molecule has 4 aromatic rings. The number of carbonyl (C=O) groups excluding carboxylic acids is 2. The third-order valence-corrected chi connectivity index (χ3v) is 13.6. The molecule has 2 N–H and O–H groups in total. The van der Waals surface area contributed by atoms with Crippen LogP contribution < -0.4 is 39.1 Å². The van der Waals surface area contributed by atoms with Crippen LogP contribution in [0.25, 0.3) is 32.3 Å². The van der Waals surface area contributed by atoms with Crippen molar-refractivity contribution in [2.75, 3.05) is 52.7 Å². The predicted molar refractivity (Wildman–Crippen MR) is 301 cm³/mol. The SMILES string of the molecule is CCCCCCCCNC(=O)COc1cc2c3cc(OCCCCCC)c(OCCCCCC)cc3c3cc(OCC(=O)NCCCCCCCC)c(OCCCCCC)cc3c2cc1OCCCCCC. The first-order valence-electron chi connectivity index (χ1n) is 29.2. The number of hydrogen-bond donors (Lipinski definition) is 2. The Labute approximate surface area is 436 Å². The minimum atomic E-state index is -0.148. The molecule has 0 spiro atoms. The van der Waals surface area contributed by atoms with E-state index in [2.05, 4.69) is 76.4 Å². The number of unbranched alkanes of at least 4 members (excludes halogenated alkanes) is 22. The molecule has 0 atom stereocenters. The predicted octanol–water partition coefficient (Wildman–Crippen LogP) is 16.7. The molecule has 4 rings (SSSR count). The zero-order chi connectivity index (χ0) is 51.4. The van der Waals surface area contributed by atoms with E-state index in [0.29, 0.717) is 74.0 Å². The number of fused-ring (bicyclic) bond motifs is 6. The van der Waals surface area contributed by atoms with Crippen molar-refractivity contribution >= 4 is 44.1 Å². The monoisotopic (exact) mass is 999 g/mol. The highest BCUT2D eigenvalue weighted by molar-refractivity contribution is 6.27. The number of nitrogens with one attached hydrogen (secondary N) is 2. The summed E-state index contributed by atoms with van der Waals surface area (Å²) < 4.78 is 39.4. The highest BCUT2D eigenvalue weighted by Gasteiger charge is 2.21. The summed E-state index contributed by atoms with van der Waals surface area (Å²) >= 11 is 0. The molecule has 72 heavy (non-hydrogen) atoms. The molecule has 0 heterocycles. The summed E-state index contributed by atoms with van der Waals surface area (Å²) in [5, 5.41) is 11.8. The van der Waals surface area contributed by atoms with Crippen molar-refractivity contribution in [3.8, 4) is 34.5 Å². The van der Waals surface area contributed by atoms with Gasteiger partial charge in [-0.25, -0.2) is 0 Å². The lowest BCUT2D eigenvalue weighted by Gasteiger charge is -2.20. The van der Waals surface area contributed by atoms with Crippen LogP contribution in [0.5, 0.6) is 34.5 Å². The Bertz CT molecular complexity index is 1950. The average Bonchev–Trinajstić information content (AvgIpc) is 3.39. The average molecular weight is 999 g/mol. The second-order valence-electron chi connectivity index (χ2n) is 20.0. The number of ether oxygens (including phenoxy) is 6. The molecule has 0 bridgehead atoms. The van der Waals surface area contributed by atoms with Crippen LogP contribution in [0.15, 0.2) is 36.4 Å². The van der Waals surface area contributed by atoms with Gasteiger partial charge < -0.3 is 39.1 Å². The first-order valence-corrected chi connectivity index (χ1v) is 29.2. The first kappa shape index (κ1) is 60.0. The fourth-order valence-electron chi connectivity index (χ4n) is 9.19. The molecular weight excluding hydrogens is 901 g/mol. The van der Waals surface area contributed by atoms with Gasteiger partial charge in [-0.3, -0.25) is 9.59 Å². The van der Waals surface area contributed by atoms with Crippen molar-refractivity contribution in [1.82, 2.24) is 10.6 Å². The van der Waals surface area contributed by atoms with Crippen molar-refractivity contribution in [2.24, 2.45) is 0 Å². The summed E-state index contributed by atoms with van der Waals surface area (Å²) in [4.78, 5) is 26.6. The number of rotatable bonds is 44. The molecule has 0 saturated carbocycles. The van der Waals surface area contributed by atoms with Gasteiger partial charge >= 0.3 is 0 Å². The van der Waals surface area contributed by atoms with Crippen molar-refractivity contribution in [3.05, 3.63) is 36.4 Å². The second-order valence-corrected chi connectivity index (χ2v) is 20.0. The molecule has 0 aliphatic rings. The Hall–Kier alpha value is -4.60. The van der Waals surface area contributed by atoms with Gasteiger partial charge in [-0.2, -0.15) is 0 Å². The van der Waals surface area contributed by atoms with Gasteiger partial charge in [0.1, 0.15) is 0 Å². The standard InChI is InChI=1S/C62H98N2O8/c1-7-13-19-25-27-29-35-63-61(65)47-71-59-45-53-49-41-55(67-37-31-21-15-9-3)56(68-38-32-22-16-10-4)42-50(49)54-46-60(72-48-62(66)64-36-30-28-26-20-14-8-2)58(70-40-34-24-18-12-6)44-52(54)51(53)43-57(59)69-39-33-23-17-11-5/h41-46H,7-40,47-48H2,1-6H3,(H,63,65)(H,64,66). The summed E-state index contributed by atoms with van der Waals surface area (Å²) in [7, 11) is 0. The van der Waals surface area contributed by atoms with Crippen LogP contribution in [-0.2, 0) is 9.59 Å². The van der Waals surface area contributed by atoms with E-state index < -0.39 is 0 Å². The van der Waals surface area contributed by atoms with Crippen LogP contribution in [0.3, 0.4) is 0 Å². The zero-order valence-corrected chi connectivity index (χ0v) is 46.2. The van der Waals surface area contributed by atoms with Crippen molar-refractivity contribution < 1.29 is 38.0 Å². The maximum absolute atomic E-state index is 13.3. The van der Waals surface area contributed by atoms with Crippen LogP contribution in [0.1, 0.15) is 221 Å². The molecular formula is C62H98N2O8. The largest absolute Gasteiger partial charge is 0.490 e. The maximum Gasteiger partial charge on any atom is 0.257 e. The molecule has 404 valence electrons. The Morgan fingerprint density at radius 2 is 0.500 bits per heavy atom. The van der Waals surface area contributed by atoms with E-state index in [-0.39, 0.29) is 25.0 Å². The topological polar surface area (TPSA) is 114 Å². The summed E-state index contributed by atoms with van der Waals surface area (Å²) in [5.41, 5.74) is 0. The highest BCUT2D eigenvalue weighted by atomic mass is 16.5. The van der Waals surface area contributed by atoms with E-state index in [1.807, 2.05) is 12.1 Å². The second kappa shape index (κ2) is 37.2. The molecule has 0 radical (unpaired) electrons. The molecule has 0 saturated heterocycles. The van der Waals surface area contributed by atoms with Gasteiger partial charge in [0.2, 0.25) is 0 Å². The van der Waals surface area contributed by atoms with Crippen LogP contribution >= 0.6 is 0 Å². The van der Waals surface area contributed by atoms with Gasteiger partial charge in [-0.1, -0.05) is 183 Å². The molecule has 0 fully saturated rings. The quantitative estimate of drug-likeness (QED) is 0.0333. The van der Waals surface area contributed by atoms with E-state index in [0.717, 1.165) is 161 Å². The molecule has 0 unspecified atom stereocenters. The summed E-state index contributed by atoms with van der Waals surface area (Å²) in [6.07, 6.45) is 31.1. The summed E-state index contributed by atoms with van der Waals surface area (Å²) in [6.45, 7) is 16.5. The normalized spacial score (nSPS) is 11.4. The van der Waals surface area contributed by atoms with Crippen LogP contribution in [0.4, 0.5) is 0 Å². The van der Waals surface area contributed by atoms with Crippen LogP contribution in [0, 0.1) is 0 Å². The molecule has 0 aromatic heterocycles. The zero-order valence-electron chi connectivity index (χ0n) is 46.2. The number of carbonyl (C=O) groups is 2. The molecule has 0 aliphatic heterocycles. The molecule has 4 aromatic carbocycles. The van der Waals surface area contributed by atoms with E-state index in [1.54, 1.807) is 0 Å². The van der Waals surface area contributed by atoms with Crippen LogP contribution in [-0.4, -0.2) is 64.5 Å². The van der Waals surface area contributed by atoms with Crippen molar-refractivity contribution in [1.29, 1.82) is 0 Å². The van der Waals surface area contributed by atoms with Crippen LogP contribution in [0.2, 0.25) is 0 Å². The number of amides is 2.